The third-order valence-corrected chi connectivity index (χ3v) is 6.75. The first-order chi connectivity index (χ1) is 17.7. The number of nitrogens with two attached hydrogens (primary N) is 1. The van der Waals surface area contributed by atoms with Crippen molar-refractivity contribution in [2.45, 2.75) is 43.7 Å². The maximum Gasteiger partial charge on any atom is 0.404 e. The number of rotatable bonds is 7. The normalized spacial score (nSPS) is 18.1. The van der Waals surface area contributed by atoms with Gasteiger partial charge in [-0.25, -0.2) is 19.2 Å². The van der Waals surface area contributed by atoms with E-state index in [0.717, 1.165) is 12.8 Å². The summed E-state index contributed by atoms with van der Waals surface area (Å²) in [4.78, 5) is 32.5. The third kappa shape index (κ3) is 6.33. The molecule has 6 N–H and O–H groups in total. The van der Waals surface area contributed by atoms with Crippen LogP contribution in [-0.4, -0.2) is 44.8 Å². The minimum atomic E-state index is -1.03. The number of nitrogens with zero attached hydrogens (tertiary/aromatic N) is 2. The van der Waals surface area contributed by atoms with Crippen molar-refractivity contribution in [1.29, 1.82) is 0 Å². The van der Waals surface area contributed by atoms with Crippen LogP contribution >= 0.6 is 11.6 Å². The van der Waals surface area contributed by atoms with E-state index in [1.807, 2.05) is 0 Å². The number of aromatic nitrogens is 2. The van der Waals surface area contributed by atoms with Gasteiger partial charge in [0.25, 0.3) is 5.91 Å². The van der Waals surface area contributed by atoms with Crippen LogP contribution in [0.25, 0.3) is 11.3 Å². The highest BCUT2D eigenvalue weighted by Gasteiger charge is 2.26. The van der Waals surface area contributed by atoms with Crippen LogP contribution in [0.15, 0.2) is 48.7 Å². The molecule has 0 bridgehead atoms. The lowest BCUT2D eigenvalue weighted by atomic mass is 9.84. The van der Waals surface area contributed by atoms with Crippen molar-refractivity contribution in [1.82, 2.24) is 20.6 Å². The highest BCUT2D eigenvalue weighted by molar-refractivity contribution is 6.30. The molecule has 1 saturated carbocycles. The van der Waals surface area contributed by atoms with Crippen LogP contribution in [0.4, 0.5) is 15.0 Å². The Bertz CT molecular complexity index is 1300. The van der Waals surface area contributed by atoms with Crippen LogP contribution in [0.2, 0.25) is 5.02 Å². The van der Waals surface area contributed by atoms with E-state index in [4.69, 9.17) is 22.4 Å². The van der Waals surface area contributed by atoms with Crippen molar-refractivity contribution < 1.29 is 24.2 Å². The van der Waals surface area contributed by atoms with Crippen LogP contribution in [0, 0.1) is 5.82 Å². The van der Waals surface area contributed by atoms with Gasteiger partial charge in [0.15, 0.2) is 0 Å². The van der Waals surface area contributed by atoms with Crippen molar-refractivity contribution in [3.8, 4) is 11.3 Å². The van der Waals surface area contributed by atoms with Crippen molar-refractivity contribution in [3.05, 3.63) is 76.3 Å². The molecule has 4 rings (SSSR count). The molecule has 1 aromatic heterocycles. The van der Waals surface area contributed by atoms with Gasteiger partial charge in [-0.2, -0.15) is 0 Å². The zero-order chi connectivity index (χ0) is 26.5. The lowest BCUT2D eigenvalue weighted by Crippen LogP contribution is -2.36. The summed E-state index contributed by atoms with van der Waals surface area (Å²) in [5, 5.41) is 24.2. The Morgan fingerprint density at radius 1 is 1.16 bits per heavy atom. The molecule has 0 unspecified atom stereocenters. The maximum atomic E-state index is 15.1. The molecular weight excluding hydrogens is 501 g/mol. The predicted molar refractivity (Wildman–Crippen MR) is 137 cm³/mol. The molecule has 0 spiro atoms. The molecule has 9 nitrogen and oxygen atoms in total. The quantitative estimate of drug-likeness (QED) is 0.308. The molecule has 3 aromatic rings. The first-order valence-electron chi connectivity index (χ1n) is 11.8. The Balaban J connectivity index is 1.50. The number of carbonyl (C=O) groups is 2. The SMILES string of the molecule is Nc1ncc(C2CCC(NC(=O)O)CC2)nc1-c1ccc(C(=O)N[C@H](CO)c2cccc(Cl)c2)c(F)c1. The van der Waals surface area contributed by atoms with Gasteiger partial charge in [-0.05, 0) is 55.5 Å². The number of nitrogens with one attached hydrogen (secondary N) is 2. The van der Waals surface area contributed by atoms with Crippen molar-refractivity contribution >= 4 is 29.4 Å². The van der Waals surface area contributed by atoms with Crippen LogP contribution in [-0.2, 0) is 0 Å². The van der Waals surface area contributed by atoms with Gasteiger partial charge in [0, 0.05) is 22.5 Å². The number of nitrogen functional groups attached to an aromatic ring is 1. The lowest BCUT2D eigenvalue weighted by molar-refractivity contribution is 0.0912. The zero-order valence-electron chi connectivity index (χ0n) is 19.8. The summed E-state index contributed by atoms with van der Waals surface area (Å²) >= 11 is 6.00. The number of carbonyl (C=O) groups excluding carboxylic acids is 1. The smallest absolute Gasteiger partial charge is 0.404 e. The highest BCUT2D eigenvalue weighted by Crippen LogP contribution is 2.34. The van der Waals surface area contributed by atoms with E-state index >= 15 is 4.39 Å². The Morgan fingerprint density at radius 3 is 2.57 bits per heavy atom. The summed E-state index contributed by atoms with van der Waals surface area (Å²) in [6.07, 6.45) is 3.39. The number of carboxylic acid groups (broad SMARTS) is 1. The molecule has 1 atom stereocenters. The van der Waals surface area contributed by atoms with Gasteiger partial charge in [0.2, 0.25) is 0 Å². The lowest BCUT2D eigenvalue weighted by Gasteiger charge is -2.28. The average Bonchev–Trinajstić information content (AvgIpc) is 2.87. The highest BCUT2D eigenvalue weighted by atomic mass is 35.5. The Hall–Kier alpha value is -3.76. The number of aliphatic hydroxyl groups is 1. The van der Waals surface area contributed by atoms with E-state index in [9.17, 15) is 14.7 Å². The average molecular weight is 528 g/mol. The number of halogens is 2. The molecule has 0 aliphatic heterocycles. The summed E-state index contributed by atoms with van der Waals surface area (Å²) in [5.41, 5.74) is 7.82. The predicted octanol–water partition coefficient (Wildman–Crippen LogP) is 4.28. The van der Waals surface area contributed by atoms with Crippen LogP contribution < -0.4 is 16.4 Å². The summed E-state index contributed by atoms with van der Waals surface area (Å²) in [5.74, 6) is -1.26. The number of hydrogen-bond acceptors (Lipinski definition) is 6. The van der Waals surface area contributed by atoms with Crippen molar-refractivity contribution in [2.75, 3.05) is 12.3 Å². The molecule has 194 valence electrons. The summed E-state index contributed by atoms with van der Waals surface area (Å²) in [6.45, 7) is -0.390. The van der Waals surface area contributed by atoms with Crippen LogP contribution in [0.3, 0.4) is 0 Å². The molecule has 1 fully saturated rings. The van der Waals surface area contributed by atoms with Crippen molar-refractivity contribution in [3.63, 3.8) is 0 Å². The second-order valence-corrected chi connectivity index (χ2v) is 9.42. The topological polar surface area (TPSA) is 150 Å². The van der Waals surface area contributed by atoms with E-state index < -0.39 is 23.9 Å². The molecule has 2 aromatic carbocycles. The van der Waals surface area contributed by atoms with Gasteiger partial charge in [-0.3, -0.25) is 4.79 Å². The van der Waals surface area contributed by atoms with E-state index in [1.54, 1.807) is 36.5 Å². The molecule has 2 amide bonds. The second-order valence-electron chi connectivity index (χ2n) is 8.99. The fraction of sp³-hybridized carbons (Fsp3) is 0.308. The Labute approximate surface area is 217 Å². The molecule has 11 heteroatoms. The number of anilines is 1. The van der Waals surface area contributed by atoms with Crippen LogP contribution in [0.1, 0.15) is 59.3 Å². The van der Waals surface area contributed by atoms with Gasteiger partial charge >= 0.3 is 6.09 Å². The molecule has 0 saturated heterocycles. The van der Waals surface area contributed by atoms with Gasteiger partial charge in [0.05, 0.1) is 30.1 Å². The van der Waals surface area contributed by atoms with Gasteiger partial charge in [-0.15, -0.1) is 0 Å². The first-order valence-corrected chi connectivity index (χ1v) is 12.2. The molecular formula is C26H27ClFN5O4. The molecule has 1 aliphatic carbocycles. The number of benzene rings is 2. The third-order valence-electron chi connectivity index (χ3n) is 6.52. The van der Waals surface area contributed by atoms with E-state index in [1.165, 1.54) is 12.1 Å². The van der Waals surface area contributed by atoms with Crippen LogP contribution in [0.5, 0.6) is 0 Å². The Kier molecular flexibility index (Phi) is 8.20. The molecule has 1 heterocycles. The summed E-state index contributed by atoms with van der Waals surface area (Å²) in [6, 6.07) is 9.90. The Morgan fingerprint density at radius 2 is 1.92 bits per heavy atom. The minimum absolute atomic E-state index is 0.0792. The standard InChI is InChI=1S/C26H27ClFN5O4/c27-17-3-1-2-15(10-17)22(13-34)33-25(35)19-9-6-16(11-20(19)28)23-24(29)30-12-21(32-23)14-4-7-18(8-5-14)31-26(36)37/h1-3,6,9-12,14,18,22,31,34H,4-5,7-8,13H2,(H2,29,30)(H,33,35)(H,36,37)/t14?,18?,22-/m1/s1. The zero-order valence-corrected chi connectivity index (χ0v) is 20.6. The van der Waals surface area contributed by atoms with E-state index in [2.05, 4.69) is 20.6 Å². The van der Waals surface area contributed by atoms with E-state index in [-0.39, 0.29) is 29.9 Å². The van der Waals surface area contributed by atoms with E-state index in [0.29, 0.717) is 40.4 Å². The molecule has 0 radical (unpaired) electrons. The monoisotopic (exact) mass is 527 g/mol. The summed E-state index contributed by atoms with van der Waals surface area (Å²) < 4.78 is 15.1. The fourth-order valence-electron chi connectivity index (χ4n) is 4.57. The van der Waals surface area contributed by atoms with Gasteiger partial charge in [-0.1, -0.05) is 29.8 Å². The molecule has 37 heavy (non-hydrogen) atoms. The van der Waals surface area contributed by atoms with Gasteiger partial charge in [0.1, 0.15) is 17.3 Å². The largest absolute Gasteiger partial charge is 0.465 e. The second kappa shape index (κ2) is 11.5. The summed E-state index contributed by atoms with van der Waals surface area (Å²) in [7, 11) is 0. The number of hydrogen-bond donors (Lipinski definition) is 5. The fourth-order valence-corrected chi connectivity index (χ4v) is 4.77. The number of amides is 2. The number of aliphatic hydroxyl groups excluding tert-OH is 1. The minimum Gasteiger partial charge on any atom is -0.465 e. The van der Waals surface area contributed by atoms with Crippen molar-refractivity contribution in [2.24, 2.45) is 0 Å². The first kappa shape index (κ1) is 26.3. The van der Waals surface area contributed by atoms with Gasteiger partial charge < -0.3 is 26.6 Å². The molecule has 1 aliphatic rings. The maximum absolute atomic E-state index is 15.1.